The molecule has 0 aromatic carbocycles. The topological polar surface area (TPSA) is 78.9 Å². The fraction of sp³-hybridized carbons (Fsp3) is 0.810. The van der Waals surface area contributed by atoms with E-state index in [-0.39, 0.29) is 31.1 Å². The summed E-state index contributed by atoms with van der Waals surface area (Å²) < 4.78 is 16.7. The molecule has 0 aromatic rings. The first-order valence-electron chi connectivity index (χ1n) is 27.6. The zero-order valence-electron chi connectivity index (χ0n) is 42.6. The van der Waals surface area contributed by atoms with Gasteiger partial charge in [0.25, 0.3) is 0 Å². The predicted octanol–water partition coefficient (Wildman–Crippen LogP) is 18.3. The molecule has 372 valence electrons. The molecule has 0 saturated heterocycles. The van der Waals surface area contributed by atoms with Gasteiger partial charge >= 0.3 is 17.9 Å². The maximum absolute atomic E-state index is 12.8. The maximum atomic E-state index is 12.8. The lowest BCUT2D eigenvalue weighted by Crippen LogP contribution is -2.30. The highest BCUT2D eigenvalue weighted by Crippen LogP contribution is 2.16. The summed E-state index contributed by atoms with van der Waals surface area (Å²) >= 11 is 0. The van der Waals surface area contributed by atoms with Crippen molar-refractivity contribution in [3.63, 3.8) is 0 Å². The van der Waals surface area contributed by atoms with Gasteiger partial charge in [-0.2, -0.15) is 0 Å². The Kier molecular flexibility index (Phi) is 50.8. The SMILES string of the molecule is CC/C=C\C/C=C\C/C=C\C/C=C\CCCCCCC(=O)OC(COC(=O)CCCCCCCCC)COC(=O)CCCCCCCCCCCCCCCCCCCCCCCC. The van der Waals surface area contributed by atoms with Crippen molar-refractivity contribution in [2.45, 2.75) is 290 Å². The predicted molar refractivity (Wildman–Crippen MR) is 275 cm³/mol. The van der Waals surface area contributed by atoms with Gasteiger partial charge in [0.05, 0.1) is 0 Å². The van der Waals surface area contributed by atoms with Crippen molar-refractivity contribution in [1.29, 1.82) is 0 Å². The van der Waals surface area contributed by atoms with Crippen LogP contribution in [0.3, 0.4) is 0 Å². The molecule has 0 saturated carbocycles. The third-order valence-electron chi connectivity index (χ3n) is 12.1. The minimum absolute atomic E-state index is 0.0799. The Hall–Kier alpha value is -2.63. The molecular weight excluding hydrogens is 793 g/mol. The van der Waals surface area contributed by atoms with E-state index in [0.29, 0.717) is 19.3 Å². The normalized spacial score (nSPS) is 12.4. The summed E-state index contributed by atoms with van der Waals surface area (Å²) in [6.45, 7) is 6.49. The molecule has 0 rings (SSSR count). The van der Waals surface area contributed by atoms with Gasteiger partial charge in [0, 0.05) is 19.3 Å². The van der Waals surface area contributed by atoms with Crippen LogP contribution >= 0.6 is 0 Å². The molecule has 0 aliphatic carbocycles. The Morgan fingerprint density at radius 1 is 0.328 bits per heavy atom. The number of esters is 3. The summed E-state index contributed by atoms with van der Waals surface area (Å²) in [7, 11) is 0. The van der Waals surface area contributed by atoms with Gasteiger partial charge in [-0.25, -0.2) is 0 Å². The Morgan fingerprint density at radius 3 is 0.953 bits per heavy atom. The van der Waals surface area contributed by atoms with Crippen molar-refractivity contribution >= 4 is 17.9 Å². The summed E-state index contributed by atoms with van der Waals surface area (Å²) in [5, 5.41) is 0. The maximum Gasteiger partial charge on any atom is 0.306 e. The second-order valence-electron chi connectivity index (χ2n) is 18.5. The van der Waals surface area contributed by atoms with Gasteiger partial charge in [-0.15, -0.1) is 0 Å². The van der Waals surface area contributed by atoms with Gasteiger partial charge in [-0.05, 0) is 57.8 Å². The van der Waals surface area contributed by atoms with E-state index in [1.807, 2.05) is 0 Å². The molecule has 6 nitrogen and oxygen atoms in total. The second kappa shape index (κ2) is 53.0. The third kappa shape index (κ3) is 50.4. The highest BCUT2D eigenvalue weighted by atomic mass is 16.6. The van der Waals surface area contributed by atoms with E-state index in [4.69, 9.17) is 14.2 Å². The minimum Gasteiger partial charge on any atom is -0.462 e. The Morgan fingerprint density at radius 2 is 0.609 bits per heavy atom. The van der Waals surface area contributed by atoms with Gasteiger partial charge in [0.2, 0.25) is 0 Å². The molecule has 6 heteroatoms. The van der Waals surface area contributed by atoms with Crippen molar-refractivity contribution in [1.82, 2.24) is 0 Å². The molecule has 0 radical (unpaired) electrons. The van der Waals surface area contributed by atoms with Gasteiger partial charge in [0.15, 0.2) is 6.10 Å². The minimum atomic E-state index is -0.780. The Bertz CT molecular complexity index is 1120. The van der Waals surface area contributed by atoms with Crippen LogP contribution in [-0.4, -0.2) is 37.2 Å². The first-order chi connectivity index (χ1) is 31.5. The van der Waals surface area contributed by atoms with Crippen LogP contribution in [0.15, 0.2) is 48.6 Å². The van der Waals surface area contributed by atoms with Crippen molar-refractivity contribution < 1.29 is 28.6 Å². The lowest BCUT2D eigenvalue weighted by molar-refractivity contribution is -0.167. The summed E-state index contributed by atoms with van der Waals surface area (Å²) in [4.78, 5) is 37.9. The van der Waals surface area contributed by atoms with Gasteiger partial charge in [-0.1, -0.05) is 256 Å². The molecule has 64 heavy (non-hydrogen) atoms. The number of carbonyl (C=O) groups excluding carboxylic acids is 3. The van der Waals surface area contributed by atoms with Crippen molar-refractivity contribution in [2.75, 3.05) is 13.2 Å². The number of rotatable bonds is 50. The van der Waals surface area contributed by atoms with Crippen molar-refractivity contribution in [3.05, 3.63) is 48.6 Å². The molecular formula is C58H104O6. The largest absolute Gasteiger partial charge is 0.462 e. The summed E-state index contributed by atoms with van der Waals surface area (Å²) in [5.41, 5.74) is 0. The Balaban J connectivity index is 4.19. The van der Waals surface area contributed by atoms with Crippen LogP contribution in [0.25, 0.3) is 0 Å². The molecule has 0 aliphatic rings. The molecule has 0 bridgehead atoms. The van der Waals surface area contributed by atoms with E-state index in [9.17, 15) is 14.4 Å². The van der Waals surface area contributed by atoms with Crippen molar-refractivity contribution in [3.8, 4) is 0 Å². The standard InChI is InChI=1S/C58H104O6/c1-4-7-10-13-16-18-20-22-24-26-27-28-29-30-32-33-35-37-39-42-45-48-51-57(60)63-54-55(53-62-56(59)50-47-44-41-15-12-9-6-3)64-58(61)52-49-46-43-40-38-36-34-31-25-23-21-19-17-14-11-8-5-2/h8,11,17,19,23,25,34,36,55H,4-7,9-10,12-16,18,20-22,24,26-33,35,37-54H2,1-3H3/b11-8-,19-17-,25-23-,36-34-. The van der Waals surface area contributed by atoms with Crippen molar-refractivity contribution in [2.24, 2.45) is 0 Å². The van der Waals surface area contributed by atoms with Crippen LogP contribution in [-0.2, 0) is 28.6 Å². The van der Waals surface area contributed by atoms with Gasteiger partial charge < -0.3 is 14.2 Å². The van der Waals surface area contributed by atoms with Crippen LogP contribution in [0, 0.1) is 0 Å². The molecule has 0 fully saturated rings. The van der Waals surface area contributed by atoms with E-state index in [1.54, 1.807) is 0 Å². The molecule has 0 aliphatic heterocycles. The van der Waals surface area contributed by atoms with E-state index < -0.39 is 6.10 Å². The molecule has 1 unspecified atom stereocenters. The quantitative estimate of drug-likeness (QED) is 0.0262. The van der Waals surface area contributed by atoms with E-state index >= 15 is 0 Å². The average Bonchev–Trinajstić information content (AvgIpc) is 3.29. The molecule has 0 aromatic heterocycles. The molecule has 0 heterocycles. The number of hydrogen-bond donors (Lipinski definition) is 0. The zero-order valence-corrected chi connectivity index (χ0v) is 42.6. The van der Waals surface area contributed by atoms with Gasteiger partial charge in [0.1, 0.15) is 13.2 Å². The van der Waals surface area contributed by atoms with Crippen LogP contribution in [0.2, 0.25) is 0 Å². The highest BCUT2D eigenvalue weighted by molar-refractivity contribution is 5.71. The Labute approximate surface area is 397 Å². The van der Waals surface area contributed by atoms with E-state index in [0.717, 1.165) is 96.3 Å². The van der Waals surface area contributed by atoms with E-state index in [1.165, 1.54) is 148 Å². The lowest BCUT2D eigenvalue weighted by atomic mass is 10.0. The third-order valence-corrected chi connectivity index (χ3v) is 12.1. The number of unbranched alkanes of at least 4 members (excludes halogenated alkanes) is 31. The first-order valence-corrected chi connectivity index (χ1v) is 27.6. The van der Waals surface area contributed by atoms with Crippen LogP contribution < -0.4 is 0 Å². The molecule has 0 amide bonds. The summed E-state index contributed by atoms with van der Waals surface area (Å²) in [6, 6.07) is 0. The van der Waals surface area contributed by atoms with E-state index in [2.05, 4.69) is 69.4 Å². The van der Waals surface area contributed by atoms with Crippen LogP contribution in [0.5, 0.6) is 0 Å². The van der Waals surface area contributed by atoms with Crippen LogP contribution in [0.1, 0.15) is 284 Å². The summed E-state index contributed by atoms with van der Waals surface area (Å²) in [5.74, 6) is -0.899. The number of hydrogen-bond acceptors (Lipinski definition) is 6. The molecule has 0 spiro atoms. The number of carbonyl (C=O) groups is 3. The zero-order chi connectivity index (χ0) is 46.5. The number of ether oxygens (including phenoxy) is 3. The fourth-order valence-corrected chi connectivity index (χ4v) is 7.96. The second-order valence-corrected chi connectivity index (χ2v) is 18.5. The smallest absolute Gasteiger partial charge is 0.306 e. The lowest BCUT2D eigenvalue weighted by Gasteiger charge is -2.18. The van der Waals surface area contributed by atoms with Gasteiger partial charge in [-0.3, -0.25) is 14.4 Å². The molecule has 1 atom stereocenters. The highest BCUT2D eigenvalue weighted by Gasteiger charge is 2.19. The average molecular weight is 897 g/mol. The first kappa shape index (κ1) is 61.4. The summed E-state index contributed by atoms with van der Waals surface area (Å²) in [6.07, 6.45) is 64.1. The monoisotopic (exact) mass is 897 g/mol. The fourth-order valence-electron chi connectivity index (χ4n) is 7.96. The molecule has 0 N–H and O–H groups in total. The number of allylic oxidation sites excluding steroid dienone is 8. The van der Waals surface area contributed by atoms with Crippen LogP contribution in [0.4, 0.5) is 0 Å².